The van der Waals surface area contributed by atoms with Gasteiger partial charge in [-0.1, -0.05) is 71.1 Å². The van der Waals surface area contributed by atoms with Crippen LogP contribution in [0, 0.1) is 35.5 Å². The molecule has 1 aliphatic carbocycles. The summed E-state index contributed by atoms with van der Waals surface area (Å²) < 4.78 is 44.0. The number of carbonyl (C=O) groups excluding carboxylic acids is 9. The zero-order valence-electron chi connectivity index (χ0n) is 73.8. The number of piperazine rings is 2. The highest BCUT2D eigenvalue weighted by molar-refractivity contribution is 6.39. The van der Waals surface area contributed by atoms with Gasteiger partial charge >= 0.3 is 11.9 Å². The highest BCUT2D eigenvalue weighted by Gasteiger charge is 2.53. The number of aromatic amines is 1. The minimum absolute atomic E-state index is 0.00408. The molecule has 124 heavy (non-hydrogen) atoms. The van der Waals surface area contributed by atoms with E-state index < -0.39 is 102 Å². The molecule has 4 saturated heterocycles. The number of cyclic esters (lactones) is 1. The van der Waals surface area contributed by atoms with E-state index in [2.05, 4.69) is 40.1 Å². The number of fused-ring (bicyclic) bond motifs is 5. The number of hydrogen-bond acceptors (Lipinski definition) is 27. The zero-order chi connectivity index (χ0) is 88.7. The van der Waals surface area contributed by atoms with Crippen molar-refractivity contribution in [2.75, 3.05) is 117 Å². The number of aromatic nitrogens is 8. The van der Waals surface area contributed by atoms with Gasteiger partial charge in [0.25, 0.3) is 11.7 Å². The predicted molar refractivity (Wildman–Crippen MR) is 463 cm³/mol. The summed E-state index contributed by atoms with van der Waals surface area (Å²) in [5.41, 5.74) is 11.1. The van der Waals surface area contributed by atoms with Crippen LogP contribution in [0.5, 0.6) is 0 Å². The standard InChI is InChI=1S/C91H129N15O18/c1-57-18-12-11-13-19-58(2)72(118-8)51-68-24-21-63(7)91(117,124-68)84(114)88(115)105-33-16-14-20-69(105)89(116)123-73(52-70(107)59(3)47-62(6)82(113)83(120-10)81(112)61(5)46-57)60(4)48-64-22-25-71(74(49-64)119-9)122-78(111)28-23-65-53-96-90(97-54-65)104-41-39-103(40-42-104)77(110)30-44-121-45-43-101-35-37-102(38-36-101)76(109)27-26-75(108)93-31-15-17-34-106-87-79(85(92)98-56-99-87)80(100-106)67-50-66-29-32-94-86(66)95-55-67/h11-13,18-19,29,32,47,50,53-57,59-61,63-64,68-69,71-74,82-83,113,117H,14-17,20-28,30-31,33-46,48-49,51-52H2,1-10H3,(H,93,108)(H,94,95)(H2,92,98,99)/b13-11+,18-12+,58-19+,62-47+/t57-,59-,60-,61-,63-,64+,68+,69+,71-,72+,73+,74-,82-,83+,91-/m1/s1. The number of nitrogens with two attached hydrogens (primary N) is 1. The summed E-state index contributed by atoms with van der Waals surface area (Å²) in [5, 5.41) is 33.3. The first-order valence-corrected chi connectivity index (χ1v) is 44.4. The lowest BCUT2D eigenvalue weighted by Crippen LogP contribution is -2.61. The van der Waals surface area contributed by atoms with Crippen molar-refractivity contribution in [2.45, 2.75) is 232 Å². The van der Waals surface area contributed by atoms with E-state index in [9.17, 15) is 53.4 Å². The fourth-order valence-electron chi connectivity index (χ4n) is 17.9. The van der Waals surface area contributed by atoms with Gasteiger partial charge in [0, 0.05) is 185 Å². The number of unbranched alkanes of at least 4 members (excludes halogenated alkanes) is 1. The summed E-state index contributed by atoms with van der Waals surface area (Å²) in [5.74, 6) is -8.47. The number of aryl methyl sites for hydroxylation is 2. The van der Waals surface area contributed by atoms with Crippen molar-refractivity contribution < 1.29 is 86.5 Å². The summed E-state index contributed by atoms with van der Waals surface area (Å²) >= 11 is 0. The topological polar surface area (TPSA) is 411 Å². The molecular formula is C91H129N15O18. The van der Waals surface area contributed by atoms with Gasteiger partial charge in [-0.25, -0.2) is 34.4 Å². The number of methoxy groups -OCH3 is 3. The Labute approximate surface area is 726 Å². The van der Waals surface area contributed by atoms with E-state index in [1.807, 2.05) is 88.9 Å². The molecule has 33 nitrogen and oxygen atoms in total. The third-order valence-electron chi connectivity index (χ3n) is 25.6. The van der Waals surface area contributed by atoms with Gasteiger partial charge in [0.1, 0.15) is 59.7 Å². The highest BCUT2D eigenvalue weighted by Crippen LogP contribution is 2.40. The lowest BCUT2D eigenvalue weighted by Gasteiger charge is -2.42. The Bertz CT molecular complexity index is 4590. The molecule has 5 fully saturated rings. The molecule has 6 N–H and O–H groups in total. The van der Waals surface area contributed by atoms with Crippen molar-refractivity contribution in [1.29, 1.82) is 0 Å². The SMILES string of the molecule is CO[C@H]1C[C@@H]2CC[C@@H](C)[C@@](O)(O2)C(=O)C(=O)N2CCCC[C@H]2C(=O)O[C@H]([C@H](C)C[C@@H]2CC[C@@H](OC(=O)CCc3cnc(N4CCN(C(=O)CCOCCN5CCN(C(=O)CCC(=O)NCCCCn6nc(-c7cnc8[nH]ccc8c7)c7c(N)ncnc76)CC5)CC4)nc3)[C@H](OC)C2)CC(=O)[C@H](C)/C=C(\C)[C@@H](O)[C@@H](OC)C(=O)[C@H](C)C[C@H](C)/C=C/C=C/C=C/1C. The van der Waals surface area contributed by atoms with Crippen LogP contribution in [0.25, 0.3) is 33.3 Å². The van der Waals surface area contributed by atoms with E-state index in [0.29, 0.717) is 183 Å². The number of nitrogens with one attached hydrogen (secondary N) is 2. The number of ketones is 3. The molecule has 4 amide bonds. The van der Waals surface area contributed by atoms with Gasteiger partial charge in [0.2, 0.25) is 29.5 Å². The number of H-pyrrole nitrogens is 1. The number of esters is 2. The maximum atomic E-state index is 14.8. The molecule has 1 saturated carbocycles. The van der Waals surface area contributed by atoms with Gasteiger partial charge in [-0.05, 0) is 144 Å². The number of rotatable bonds is 26. The average Bonchev–Trinajstić information content (AvgIpc) is 1.56. The van der Waals surface area contributed by atoms with E-state index in [0.717, 1.165) is 34.2 Å². The monoisotopic (exact) mass is 1720 g/mol. The molecule has 0 spiro atoms. The van der Waals surface area contributed by atoms with Gasteiger partial charge in [-0.2, -0.15) is 5.10 Å². The Morgan fingerprint density at radius 3 is 2.25 bits per heavy atom. The summed E-state index contributed by atoms with van der Waals surface area (Å²) in [4.78, 5) is 160. The fraction of sp³-hybridized carbons (Fsp3) is 0.637. The van der Waals surface area contributed by atoms with Gasteiger partial charge < -0.3 is 79.0 Å². The van der Waals surface area contributed by atoms with Crippen LogP contribution < -0.4 is 16.0 Å². The molecule has 6 aliphatic rings. The number of piperidine rings is 1. The number of hydrogen-bond donors (Lipinski definition) is 5. The highest BCUT2D eigenvalue weighted by atomic mass is 16.6. The average molecular weight is 1720 g/mol. The number of aliphatic hydroxyl groups is 2. The second-order valence-corrected chi connectivity index (χ2v) is 34.6. The normalized spacial score (nSPS) is 28.4. The van der Waals surface area contributed by atoms with E-state index >= 15 is 0 Å². The van der Waals surface area contributed by atoms with Gasteiger partial charge in [-0.3, -0.25) is 43.3 Å². The predicted octanol–water partition coefficient (Wildman–Crippen LogP) is 8.00. The molecule has 5 aliphatic heterocycles. The number of nitrogens with zero attached hydrogens (tertiary/aromatic N) is 12. The van der Waals surface area contributed by atoms with E-state index in [1.54, 1.807) is 66.6 Å². The first-order chi connectivity index (χ1) is 59.6. The number of carbonyl (C=O) groups is 9. The van der Waals surface area contributed by atoms with Crippen molar-refractivity contribution in [2.24, 2.45) is 35.5 Å². The Morgan fingerprint density at radius 2 is 1.51 bits per heavy atom. The molecule has 5 aromatic heterocycles. The Balaban J connectivity index is 0.589. The second kappa shape index (κ2) is 45.5. The van der Waals surface area contributed by atoms with Crippen LogP contribution in [0.1, 0.15) is 170 Å². The minimum Gasteiger partial charge on any atom is -0.460 e. The second-order valence-electron chi connectivity index (χ2n) is 34.6. The molecule has 11 rings (SSSR count). The molecule has 676 valence electrons. The summed E-state index contributed by atoms with van der Waals surface area (Å²) in [7, 11) is 4.51. The first kappa shape index (κ1) is 95.1. The van der Waals surface area contributed by atoms with E-state index in [4.69, 9.17) is 44.0 Å². The largest absolute Gasteiger partial charge is 0.460 e. The van der Waals surface area contributed by atoms with Gasteiger partial charge in [0.05, 0.1) is 43.3 Å². The number of ether oxygens (including phenoxy) is 7. The minimum atomic E-state index is -2.49. The number of nitrogen functional groups attached to an aromatic ring is 1. The molecule has 5 aromatic rings. The summed E-state index contributed by atoms with van der Waals surface area (Å²) in [6.45, 7) is 19.6. The van der Waals surface area contributed by atoms with E-state index in [-0.39, 0.29) is 99.2 Å². The smallest absolute Gasteiger partial charge is 0.329 e. The third kappa shape index (κ3) is 25.2. The van der Waals surface area contributed by atoms with E-state index in [1.165, 1.54) is 18.3 Å². The van der Waals surface area contributed by atoms with Crippen molar-refractivity contribution in [3.8, 4) is 11.3 Å². The summed E-state index contributed by atoms with van der Waals surface area (Å²) in [6.07, 6.45) is 20.7. The molecule has 15 atom stereocenters. The number of pyridine rings is 1. The zero-order valence-corrected chi connectivity index (χ0v) is 73.8. The Morgan fingerprint density at radius 1 is 0.758 bits per heavy atom. The number of allylic oxidation sites excluding steroid dienone is 6. The molecular weight excluding hydrogens is 1590 g/mol. The molecule has 0 radical (unpaired) electrons. The van der Waals surface area contributed by atoms with Crippen molar-refractivity contribution in [1.82, 2.24) is 64.6 Å². The maximum absolute atomic E-state index is 14.8. The van der Waals surface area contributed by atoms with Crippen LogP contribution in [0.4, 0.5) is 11.8 Å². The molecule has 33 heteroatoms. The summed E-state index contributed by atoms with van der Waals surface area (Å²) in [6, 6.07) is 2.73. The molecule has 10 heterocycles. The lowest BCUT2D eigenvalue weighted by atomic mass is 9.78. The fourth-order valence-corrected chi connectivity index (χ4v) is 17.9. The van der Waals surface area contributed by atoms with Crippen molar-refractivity contribution in [3.63, 3.8) is 0 Å². The van der Waals surface area contributed by atoms with Crippen LogP contribution in [-0.2, 0) is 89.3 Å². The Kier molecular flexibility index (Phi) is 34.9. The Hall–Kier alpha value is -9.61. The first-order valence-electron chi connectivity index (χ1n) is 44.4. The molecule has 2 bridgehead atoms. The van der Waals surface area contributed by atoms with Crippen LogP contribution >= 0.6 is 0 Å². The molecule has 0 unspecified atom stereocenters. The van der Waals surface area contributed by atoms with Crippen LogP contribution in [0.15, 0.2) is 90.8 Å². The van der Waals surface area contributed by atoms with Gasteiger partial charge in [-0.15, -0.1) is 0 Å². The number of Topliss-reactive ketones (excluding diaryl/α,β-unsaturated/α-hetero) is 3. The van der Waals surface area contributed by atoms with Crippen LogP contribution in [-0.4, -0.2) is 284 Å². The quantitative estimate of drug-likeness (QED) is 0.0151. The van der Waals surface area contributed by atoms with Crippen LogP contribution in [0.3, 0.4) is 0 Å². The number of aliphatic hydroxyl groups excluding tert-OH is 1. The van der Waals surface area contributed by atoms with Crippen molar-refractivity contribution in [3.05, 3.63) is 96.4 Å². The molecule has 0 aromatic carbocycles. The van der Waals surface area contributed by atoms with Crippen LogP contribution in [0.2, 0.25) is 0 Å². The van der Waals surface area contributed by atoms with Gasteiger partial charge in [0.15, 0.2) is 11.4 Å². The maximum Gasteiger partial charge on any atom is 0.329 e. The lowest BCUT2D eigenvalue weighted by molar-refractivity contribution is -0.265. The number of amides is 4. The number of anilines is 2. The third-order valence-corrected chi connectivity index (χ3v) is 25.6. The van der Waals surface area contributed by atoms with Crippen molar-refractivity contribution >= 4 is 86.8 Å².